The van der Waals surface area contributed by atoms with E-state index in [1.165, 1.54) is 12.1 Å². The molecule has 0 unspecified atom stereocenters. The van der Waals surface area contributed by atoms with Crippen molar-refractivity contribution >= 4 is 21.6 Å². The Bertz CT molecular complexity index is 331. The summed E-state index contributed by atoms with van der Waals surface area (Å²) in [4.78, 5) is 0. The number of hydrogen-bond acceptors (Lipinski definition) is 0. The van der Waals surface area contributed by atoms with Crippen LogP contribution in [0, 0.1) is 0 Å². The third-order valence-electron chi connectivity index (χ3n) is 1.96. The highest BCUT2D eigenvalue weighted by Crippen LogP contribution is 2.59. The molecule has 0 amide bonds. The summed E-state index contributed by atoms with van der Waals surface area (Å²) in [6.07, 6.45) is 4.74. The molecule has 0 aliphatic heterocycles. The van der Waals surface area contributed by atoms with E-state index >= 15 is 0 Å². The van der Waals surface area contributed by atoms with Crippen LogP contribution < -0.4 is 0 Å². The van der Waals surface area contributed by atoms with Gasteiger partial charge < -0.3 is 0 Å². The third-order valence-corrected chi connectivity index (χ3v) is 4.04. The quantitative estimate of drug-likeness (QED) is 0.728. The van der Waals surface area contributed by atoms with Gasteiger partial charge in [-0.2, -0.15) is 18.8 Å². The molecule has 0 radical (unpaired) electrons. The van der Waals surface area contributed by atoms with Gasteiger partial charge in [0.2, 0.25) is 0 Å². The van der Waals surface area contributed by atoms with Crippen molar-refractivity contribution < 1.29 is 8.78 Å². The van der Waals surface area contributed by atoms with E-state index in [-0.39, 0.29) is 10.6 Å². The lowest BCUT2D eigenvalue weighted by atomic mass is 10.2. The van der Waals surface area contributed by atoms with Crippen LogP contribution >= 0.6 is 21.6 Å². The Hall–Kier alpha value is -0.280. The van der Waals surface area contributed by atoms with Crippen LogP contribution in [0.1, 0.15) is 5.56 Å². The largest absolute Gasteiger partial charge is 0.305 e. The molecule has 0 fully saturated rings. The topological polar surface area (TPSA) is 0 Å². The number of rotatable bonds is 2. The second kappa shape index (κ2) is 3.70. The Kier molecular flexibility index (Phi) is 3.12. The maximum Gasteiger partial charge on any atom is 0.305 e. The van der Waals surface area contributed by atoms with Crippen molar-refractivity contribution in [3.63, 3.8) is 0 Å². The summed E-state index contributed by atoms with van der Waals surface area (Å²) in [7, 11) is -2.00. The van der Waals surface area contributed by atoms with Crippen LogP contribution in [-0.4, -0.2) is 18.8 Å². The fourth-order valence-corrected chi connectivity index (χ4v) is 2.18. The second-order valence-corrected chi connectivity index (χ2v) is 8.43. The van der Waals surface area contributed by atoms with Gasteiger partial charge in [0.25, 0.3) is 0 Å². The average molecular weight is 239 g/mol. The Labute approximate surface area is 89.6 Å². The Morgan fingerprint density at radius 2 is 1.64 bits per heavy atom. The van der Waals surface area contributed by atoms with Gasteiger partial charge in [-0.15, -0.1) is 0 Å². The van der Waals surface area contributed by atoms with Gasteiger partial charge in [-0.1, -0.05) is 29.8 Å². The fraction of sp³-hybridized carbons (Fsp3) is 0.400. The molecule has 1 aromatic rings. The first-order chi connectivity index (χ1) is 6.27. The number of hydrogen-bond donors (Lipinski definition) is 0. The van der Waals surface area contributed by atoms with Crippen LogP contribution in [0.2, 0.25) is 5.02 Å². The molecule has 14 heavy (non-hydrogen) atoms. The summed E-state index contributed by atoms with van der Waals surface area (Å²) in [5, 5.41) is -2.69. The van der Waals surface area contributed by atoms with E-state index in [0.29, 0.717) is 0 Å². The van der Waals surface area contributed by atoms with Gasteiger partial charge in [0, 0.05) is 5.56 Å². The molecule has 0 spiro atoms. The Morgan fingerprint density at radius 3 is 2.07 bits per heavy atom. The summed E-state index contributed by atoms with van der Waals surface area (Å²) in [5.74, 6) is 0. The minimum atomic E-state index is -2.83. The second-order valence-electron chi connectivity index (χ2n) is 3.83. The fourth-order valence-electron chi connectivity index (χ4n) is 1.03. The molecule has 0 bridgehead atoms. The lowest BCUT2D eigenvalue weighted by Crippen LogP contribution is -2.21. The first-order valence-corrected chi connectivity index (χ1v) is 7.31. The van der Waals surface area contributed by atoms with Crippen LogP contribution in [0.25, 0.3) is 0 Å². The van der Waals surface area contributed by atoms with E-state index in [2.05, 4.69) is 0 Å². The SMILES string of the molecule is CS(C)(C)C(F)(F)c1ccccc1Cl. The Balaban J connectivity index is 3.23. The molecule has 0 nitrogen and oxygen atoms in total. The van der Waals surface area contributed by atoms with Gasteiger partial charge >= 0.3 is 5.25 Å². The highest BCUT2D eigenvalue weighted by molar-refractivity contribution is 8.32. The maximum absolute atomic E-state index is 13.9. The standard InChI is InChI=1S/C10H13ClF2S/c1-14(2,3)10(12,13)8-6-4-5-7-9(8)11/h4-7H,1-3H3. The first-order valence-electron chi connectivity index (χ1n) is 4.07. The molecule has 80 valence electrons. The van der Waals surface area contributed by atoms with Crippen LogP contribution in [0.5, 0.6) is 0 Å². The first kappa shape index (κ1) is 11.8. The molecule has 4 heteroatoms. The van der Waals surface area contributed by atoms with Crippen molar-refractivity contribution in [2.45, 2.75) is 5.25 Å². The van der Waals surface area contributed by atoms with Crippen molar-refractivity contribution in [3.8, 4) is 0 Å². The molecule has 1 rings (SSSR count). The molecular weight excluding hydrogens is 226 g/mol. The van der Waals surface area contributed by atoms with Crippen LogP contribution in [0.3, 0.4) is 0 Å². The van der Waals surface area contributed by atoms with Gasteiger partial charge in [0.1, 0.15) is 0 Å². The third kappa shape index (κ3) is 2.04. The highest BCUT2D eigenvalue weighted by atomic mass is 35.5. The minimum absolute atomic E-state index is 0.0656. The van der Waals surface area contributed by atoms with Crippen molar-refractivity contribution in [3.05, 3.63) is 34.9 Å². The van der Waals surface area contributed by atoms with E-state index in [1.807, 2.05) is 0 Å². The van der Waals surface area contributed by atoms with Crippen molar-refractivity contribution in [1.29, 1.82) is 0 Å². The predicted octanol–water partition coefficient (Wildman–Crippen LogP) is 4.08. The van der Waals surface area contributed by atoms with Gasteiger partial charge in [0.15, 0.2) is 0 Å². The zero-order valence-corrected chi connectivity index (χ0v) is 9.92. The van der Waals surface area contributed by atoms with E-state index in [9.17, 15) is 8.78 Å². The van der Waals surface area contributed by atoms with E-state index in [1.54, 1.807) is 30.9 Å². The molecule has 0 atom stereocenters. The van der Waals surface area contributed by atoms with E-state index < -0.39 is 15.3 Å². The molecule has 1 aromatic carbocycles. The molecule has 0 aromatic heterocycles. The highest BCUT2D eigenvalue weighted by Gasteiger charge is 2.42. The lowest BCUT2D eigenvalue weighted by Gasteiger charge is -2.36. The molecule has 0 N–H and O–H groups in total. The van der Waals surface area contributed by atoms with Crippen molar-refractivity contribution in [1.82, 2.24) is 0 Å². The summed E-state index contributed by atoms with van der Waals surface area (Å²) in [5.41, 5.74) is -0.0656. The van der Waals surface area contributed by atoms with Crippen LogP contribution in [0.4, 0.5) is 8.78 Å². The lowest BCUT2D eigenvalue weighted by molar-refractivity contribution is 0.100. The zero-order valence-electron chi connectivity index (χ0n) is 8.35. The molecule has 0 saturated heterocycles. The van der Waals surface area contributed by atoms with Gasteiger partial charge in [0.05, 0.1) is 5.02 Å². The van der Waals surface area contributed by atoms with Gasteiger partial charge in [-0.3, -0.25) is 0 Å². The number of alkyl halides is 2. The normalized spacial score (nSPS) is 14.1. The Morgan fingerprint density at radius 1 is 1.14 bits per heavy atom. The predicted molar refractivity (Wildman–Crippen MR) is 60.7 cm³/mol. The van der Waals surface area contributed by atoms with E-state index in [4.69, 9.17) is 11.6 Å². The molecule has 0 saturated carbocycles. The summed E-state index contributed by atoms with van der Waals surface area (Å²) in [6, 6.07) is 6.12. The van der Waals surface area contributed by atoms with Gasteiger partial charge in [-0.25, -0.2) is 0 Å². The monoisotopic (exact) mass is 238 g/mol. The maximum atomic E-state index is 13.9. The van der Waals surface area contributed by atoms with Crippen LogP contribution in [-0.2, 0) is 5.25 Å². The summed E-state index contributed by atoms with van der Waals surface area (Å²) in [6.45, 7) is 0. The summed E-state index contributed by atoms with van der Waals surface area (Å²) >= 11 is 5.75. The average Bonchev–Trinajstić information content (AvgIpc) is 2.02. The van der Waals surface area contributed by atoms with Gasteiger partial charge in [-0.05, 0) is 24.8 Å². The molecular formula is C10H13ClF2S. The molecule has 0 heterocycles. The minimum Gasteiger partial charge on any atom is -0.190 e. The van der Waals surface area contributed by atoms with E-state index in [0.717, 1.165) is 0 Å². The smallest absolute Gasteiger partial charge is 0.190 e. The van der Waals surface area contributed by atoms with Crippen LogP contribution in [0.15, 0.2) is 24.3 Å². The zero-order chi connectivity index (χ0) is 11.0. The number of benzene rings is 1. The van der Waals surface area contributed by atoms with Crippen molar-refractivity contribution in [2.75, 3.05) is 18.8 Å². The van der Waals surface area contributed by atoms with Crippen molar-refractivity contribution in [2.24, 2.45) is 0 Å². The molecule has 0 aliphatic rings. The summed E-state index contributed by atoms with van der Waals surface area (Å²) < 4.78 is 27.8. The molecule has 0 aliphatic carbocycles. The number of halogens is 3.